The largest absolute Gasteiger partial charge is 0.497 e. The van der Waals surface area contributed by atoms with Crippen LogP contribution < -0.4 is 14.5 Å². The Balaban J connectivity index is 1.17. The van der Waals surface area contributed by atoms with E-state index in [9.17, 15) is 9.59 Å². The Bertz CT molecular complexity index is 1220. The molecule has 5 rings (SSSR count). The number of hydrogen-bond donors (Lipinski definition) is 0. The van der Waals surface area contributed by atoms with E-state index in [1.807, 2.05) is 65.6 Å². The van der Waals surface area contributed by atoms with E-state index >= 15 is 0 Å². The van der Waals surface area contributed by atoms with Crippen molar-refractivity contribution in [2.75, 3.05) is 56.2 Å². The van der Waals surface area contributed by atoms with Crippen LogP contribution in [0.1, 0.15) is 30.1 Å². The minimum Gasteiger partial charge on any atom is -0.497 e. The number of ether oxygens (including phenoxy) is 1. The standard InChI is InChI=1S/C29H33N5O3/c1-21(35)22-5-9-25(10-6-22)32-16-18-33(19-17-32)29(36)24-4-3-15-34(20-24)28-14-13-27(30-31-28)23-7-11-26(37-2)12-8-23/h5-14,24H,3-4,15-20H2,1-2H3. The van der Waals surface area contributed by atoms with Crippen molar-refractivity contribution in [3.63, 3.8) is 0 Å². The van der Waals surface area contributed by atoms with Gasteiger partial charge in [-0.2, -0.15) is 0 Å². The Morgan fingerprint density at radius 3 is 2.19 bits per heavy atom. The van der Waals surface area contributed by atoms with E-state index in [1.165, 1.54) is 0 Å². The molecule has 0 radical (unpaired) electrons. The number of aromatic nitrogens is 2. The van der Waals surface area contributed by atoms with E-state index in [0.717, 1.165) is 66.6 Å². The highest BCUT2D eigenvalue weighted by Crippen LogP contribution is 2.26. The highest BCUT2D eigenvalue weighted by Gasteiger charge is 2.31. The van der Waals surface area contributed by atoms with Gasteiger partial charge in [0.2, 0.25) is 5.91 Å². The number of nitrogens with zero attached hydrogens (tertiary/aromatic N) is 5. The average Bonchev–Trinajstić information content (AvgIpc) is 2.97. The Labute approximate surface area is 217 Å². The van der Waals surface area contributed by atoms with Crippen LogP contribution in [0.15, 0.2) is 60.7 Å². The van der Waals surface area contributed by atoms with E-state index in [2.05, 4.69) is 20.0 Å². The van der Waals surface area contributed by atoms with Crippen LogP contribution in [0, 0.1) is 5.92 Å². The normalized spacial score (nSPS) is 18.0. The van der Waals surface area contributed by atoms with Gasteiger partial charge in [-0.1, -0.05) is 0 Å². The first kappa shape index (κ1) is 24.7. The average molecular weight is 500 g/mol. The molecule has 8 heteroatoms. The van der Waals surface area contributed by atoms with E-state index in [4.69, 9.17) is 4.74 Å². The zero-order valence-corrected chi connectivity index (χ0v) is 21.5. The van der Waals surface area contributed by atoms with Crippen LogP contribution in [0.3, 0.4) is 0 Å². The number of Topliss-reactive ketones (excluding diaryl/α,β-unsaturated/α-hetero) is 1. The van der Waals surface area contributed by atoms with Crippen molar-refractivity contribution in [3.8, 4) is 17.0 Å². The molecular weight excluding hydrogens is 466 g/mol. The van der Waals surface area contributed by atoms with Crippen molar-refractivity contribution >= 4 is 23.2 Å². The zero-order valence-electron chi connectivity index (χ0n) is 21.5. The van der Waals surface area contributed by atoms with Gasteiger partial charge in [0.15, 0.2) is 11.6 Å². The van der Waals surface area contributed by atoms with Crippen molar-refractivity contribution in [2.45, 2.75) is 19.8 Å². The second kappa shape index (κ2) is 11.0. The summed E-state index contributed by atoms with van der Waals surface area (Å²) in [5, 5.41) is 8.92. The molecular formula is C29H33N5O3. The Morgan fingerprint density at radius 1 is 0.838 bits per heavy atom. The topological polar surface area (TPSA) is 78.9 Å². The number of piperazine rings is 1. The molecule has 2 aromatic carbocycles. The van der Waals surface area contributed by atoms with Crippen LogP contribution in [0.5, 0.6) is 5.75 Å². The maximum atomic E-state index is 13.4. The Kier molecular flexibility index (Phi) is 7.35. The SMILES string of the molecule is COc1ccc(-c2ccc(N3CCCC(C(=O)N4CCN(c5ccc(C(C)=O)cc5)CC4)C3)nn2)cc1. The minimum atomic E-state index is -0.0294. The van der Waals surface area contributed by atoms with E-state index in [0.29, 0.717) is 19.6 Å². The first-order valence-electron chi connectivity index (χ1n) is 12.9. The predicted molar refractivity (Wildman–Crippen MR) is 144 cm³/mol. The Morgan fingerprint density at radius 2 is 1.57 bits per heavy atom. The molecule has 0 saturated carbocycles. The Hall–Kier alpha value is -3.94. The van der Waals surface area contributed by atoms with Crippen molar-refractivity contribution in [3.05, 3.63) is 66.2 Å². The van der Waals surface area contributed by atoms with Gasteiger partial charge in [0, 0.05) is 56.1 Å². The highest BCUT2D eigenvalue weighted by molar-refractivity contribution is 5.94. The summed E-state index contributed by atoms with van der Waals surface area (Å²) in [4.78, 5) is 31.4. The van der Waals surface area contributed by atoms with Crippen molar-refractivity contribution < 1.29 is 14.3 Å². The number of anilines is 2. The minimum absolute atomic E-state index is 0.0294. The van der Waals surface area contributed by atoms with Crippen molar-refractivity contribution in [1.82, 2.24) is 15.1 Å². The molecule has 37 heavy (non-hydrogen) atoms. The summed E-state index contributed by atoms with van der Waals surface area (Å²) < 4.78 is 5.23. The van der Waals surface area contributed by atoms with Crippen molar-refractivity contribution in [2.24, 2.45) is 5.92 Å². The van der Waals surface area contributed by atoms with Gasteiger partial charge >= 0.3 is 0 Å². The van der Waals surface area contributed by atoms with E-state index < -0.39 is 0 Å². The third-order valence-corrected chi connectivity index (χ3v) is 7.36. The lowest BCUT2D eigenvalue weighted by atomic mass is 9.96. The number of rotatable bonds is 6. The molecule has 0 N–H and O–H groups in total. The molecule has 1 unspecified atom stereocenters. The number of benzene rings is 2. The number of hydrogen-bond acceptors (Lipinski definition) is 7. The summed E-state index contributed by atoms with van der Waals surface area (Å²) in [6.07, 6.45) is 1.86. The fourth-order valence-corrected chi connectivity index (χ4v) is 5.15. The summed E-state index contributed by atoms with van der Waals surface area (Å²) in [5.74, 6) is 1.90. The van der Waals surface area contributed by atoms with Crippen LogP contribution in [0.4, 0.5) is 11.5 Å². The van der Waals surface area contributed by atoms with Gasteiger partial charge in [0.1, 0.15) is 5.75 Å². The smallest absolute Gasteiger partial charge is 0.227 e. The van der Waals surface area contributed by atoms with Crippen molar-refractivity contribution in [1.29, 1.82) is 0 Å². The molecule has 1 aromatic heterocycles. The number of carbonyl (C=O) groups is 2. The molecule has 1 amide bonds. The van der Waals surface area contributed by atoms with Gasteiger partial charge < -0.3 is 19.4 Å². The highest BCUT2D eigenvalue weighted by atomic mass is 16.5. The fraction of sp³-hybridized carbons (Fsp3) is 0.379. The first-order valence-corrected chi connectivity index (χ1v) is 12.9. The molecule has 0 aliphatic carbocycles. The number of amides is 1. The molecule has 2 fully saturated rings. The van der Waals surface area contributed by atoms with Gasteiger partial charge in [0.05, 0.1) is 18.7 Å². The van der Waals surface area contributed by atoms with Crippen LogP contribution >= 0.6 is 0 Å². The summed E-state index contributed by atoms with van der Waals surface area (Å²) in [7, 11) is 1.65. The molecule has 0 spiro atoms. The molecule has 1 atom stereocenters. The van der Waals surface area contributed by atoms with Crippen LogP contribution in [0.25, 0.3) is 11.3 Å². The molecule has 0 bridgehead atoms. The molecule has 3 aromatic rings. The summed E-state index contributed by atoms with van der Waals surface area (Å²) >= 11 is 0. The number of ketones is 1. The molecule has 2 aliphatic rings. The summed E-state index contributed by atoms with van der Waals surface area (Å²) in [6.45, 7) is 6.13. The molecule has 3 heterocycles. The van der Waals surface area contributed by atoms with Gasteiger partial charge in [-0.3, -0.25) is 9.59 Å². The van der Waals surface area contributed by atoms with E-state index in [1.54, 1.807) is 14.0 Å². The van der Waals surface area contributed by atoms with E-state index in [-0.39, 0.29) is 17.6 Å². The van der Waals surface area contributed by atoms with Crippen LogP contribution in [-0.4, -0.2) is 73.2 Å². The molecule has 8 nitrogen and oxygen atoms in total. The number of methoxy groups -OCH3 is 1. The van der Waals surface area contributed by atoms with Crippen LogP contribution in [0.2, 0.25) is 0 Å². The van der Waals surface area contributed by atoms with Crippen LogP contribution in [-0.2, 0) is 4.79 Å². The lowest BCUT2D eigenvalue weighted by Gasteiger charge is -2.40. The van der Waals surface area contributed by atoms with Gasteiger partial charge in [-0.15, -0.1) is 10.2 Å². The van der Waals surface area contributed by atoms with Gasteiger partial charge in [-0.25, -0.2) is 0 Å². The second-order valence-electron chi connectivity index (χ2n) is 9.71. The molecule has 2 saturated heterocycles. The maximum absolute atomic E-state index is 13.4. The fourth-order valence-electron chi connectivity index (χ4n) is 5.15. The van der Waals surface area contributed by atoms with Gasteiger partial charge in [-0.05, 0) is 80.4 Å². The zero-order chi connectivity index (χ0) is 25.8. The number of piperidine rings is 1. The first-order chi connectivity index (χ1) is 18.0. The quantitative estimate of drug-likeness (QED) is 0.476. The molecule has 2 aliphatic heterocycles. The predicted octanol–water partition coefficient (Wildman–Crippen LogP) is 3.92. The monoisotopic (exact) mass is 499 g/mol. The lowest BCUT2D eigenvalue weighted by Crippen LogP contribution is -2.52. The summed E-state index contributed by atoms with van der Waals surface area (Å²) in [5.41, 5.74) is 3.61. The lowest BCUT2D eigenvalue weighted by molar-refractivity contribution is -0.136. The van der Waals surface area contributed by atoms with Gasteiger partial charge in [0.25, 0.3) is 0 Å². The molecule has 192 valence electrons. The number of carbonyl (C=O) groups excluding carboxylic acids is 2. The summed E-state index contributed by atoms with van der Waals surface area (Å²) in [6, 6.07) is 19.5. The third-order valence-electron chi connectivity index (χ3n) is 7.36. The maximum Gasteiger partial charge on any atom is 0.227 e. The second-order valence-corrected chi connectivity index (χ2v) is 9.71. The third kappa shape index (κ3) is 5.58.